The molecule has 0 aliphatic carbocycles. The van der Waals surface area contributed by atoms with E-state index in [2.05, 4.69) is 9.88 Å². The van der Waals surface area contributed by atoms with E-state index in [9.17, 15) is 26.7 Å². The zero-order valence-corrected chi connectivity index (χ0v) is 27.1. The maximum Gasteiger partial charge on any atom is 0.261 e. The summed E-state index contributed by atoms with van der Waals surface area (Å²) in [5.74, 6) is 0.322. The van der Waals surface area contributed by atoms with E-state index in [0.717, 1.165) is 4.31 Å². The third-order valence-corrected chi connectivity index (χ3v) is 11.1. The number of methoxy groups -OCH3 is 1. The molecule has 0 fully saturated rings. The Morgan fingerprint density at radius 2 is 1.84 bits per heavy atom. The van der Waals surface area contributed by atoms with Gasteiger partial charge in [0, 0.05) is 30.8 Å². The maximum absolute atomic E-state index is 13.5. The van der Waals surface area contributed by atoms with Crippen LogP contribution >= 0.6 is 0 Å². The van der Waals surface area contributed by atoms with E-state index in [1.807, 2.05) is 6.92 Å². The van der Waals surface area contributed by atoms with Gasteiger partial charge < -0.3 is 24.0 Å². The van der Waals surface area contributed by atoms with Crippen LogP contribution in [0.25, 0.3) is 0 Å². The standard InChI is InChI=1S/C29H38N4O9S2/c1-18-15-33(19(2)17-34)28(35)14-22-13-23(31-43(36,37)25-10-8-24(40-6)9-11-25)7-12-26(22)41-27(18)16-32(5)44(38,39)29-20(3)30-42-21(29)4/h7-13,18-19,27,31,34H,14-17H2,1-6H3/t18-,19+,27+/m1/s1. The van der Waals surface area contributed by atoms with Gasteiger partial charge in [-0.3, -0.25) is 9.52 Å². The highest BCUT2D eigenvalue weighted by Crippen LogP contribution is 2.31. The fourth-order valence-corrected chi connectivity index (χ4v) is 7.55. The molecular formula is C29H38N4O9S2. The number of hydrogen-bond acceptors (Lipinski definition) is 10. The number of aromatic nitrogens is 1. The van der Waals surface area contributed by atoms with Gasteiger partial charge in [-0.1, -0.05) is 12.1 Å². The Balaban J connectivity index is 1.68. The number of nitrogens with zero attached hydrogens (tertiary/aromatic N) is 3. The Morgan fingerprint density at radius 3 is 2.43 bits per heavy atom. The maximum atomic E-state index is 13.5. The zero-order chi connectivity index (χ0) is 32.4. The summed E-state index contributed by atoms with van der Waals surface area (Å²) in [6.45, 7) is 6.46. The summed E-state index contributed by atoms with van der Waals surface area (Å²) < 4.78 is 73.4. The number of aliphatic hydroxyl groups is 1. The molecule has 3 aromatic rings. The summed E-state index contributed by atoms with van der Waals surface area (Å²) in [5, 5.41) is 13.7. The normalized spacial score (nSPS) is 18.5. The third-order valence-electron chi connectivity index (χ3n) is 7.61. The van der Waals surface area contributed by atoms with Crippen LogP contribution < -0.4 is 14.2 Å². The first-order valence-corrected chi connectivity index (χ1v) is 16.9. The predicted octanol–water partition coefficient (Wildman–Crippen LogP) is 2.57. The third kappa shape index (κ3) is 7.01. The van der Waals surface area contributed by atoms with Gasteiger partial charge >= 0.3 is 0 Å². The minimum Gasteiger partial charge on any atom is -0.497 e. The first-order chi connectivity index (χ1) is 20.7. The molecule has 0 unspecified atom stereocenters. The molecule has 4 rings (SSSR count). The van der Waals surface area contributed by atoms with Crippen molar-refractivity contribution in [2.24, 2.45) is 5.92 Å². The Labute approximate surface area is 257 Å². The smallest absolute Gasteiger partial charge is 0.261 e. The Bertz CT molecular complexity index is 1690. The van der Waals surface area contributed by atoms with Gasteiger partial charge in [0.1, 0.15) is 28.2 Å². The van der Waals surface area contributed by atoms with Crippen LogP contribution in [0, 0.1) is 19.8 Å². The first kappa shape index (κ1) is 33.2. The van der Waals surface area contributed by atoms with Crippen molar-refractivity contribution in [3.63, 3.8) is 0 Å². The number of carbonyl (C=O) groups is 1. The number of aryl methyl sites for hydroxylation is 2. The lowest BCUT2D eigenvalue weighted by molar-refractivity contribution is -0.134. The Kier molecular flexibility index (Phi) is 9.93. The number of hydrogen-bond donors (Lipinski definition) is 2. The van der Waals surface area contributed by atoms with Gasteiger partial charge in [0.15, 0.2) is 5.76 Å². The van der Waals surface area contributed by atoms with Gasteiger partial charge in [-0.05, 0) is 63.2 Å². The summed E-state index contributed by atoms with van der Waals surface area (Å²) in [6.07, 6.45) is -0.861. The lowest BCUT2D eigenvalue weighted by Crippen LogP contribution is -2.48. The predicted molar refractivity (Wildman–Crippen MR) is 162 cm³/mol. The molecule has 0 bridgehead atoms. The summed E-state index contributed by atoms with van der Waals surface area (Å²) in [7, 11) is -5.06. The van der Waals surface area contributed by atoms with E-state index in [4.69, 9.17) is 14.0 Å². The van der Waals surface area contributed by atoms with Crippen molar-refractivity contribution in [2.75, 3.05) is 38.6 Å². The quantitative estimate of drug-likeness (QED) is 0.333. The molecule has 0 spiro atoms. The van der Waals surface area contributed by atoms with Crippen LogP contribution in [0.5, 0.6) is 11.5 Å². The second-order valence-corrected chi connectivity index (χ2v) is 14.6. The number of ether oxygens (including phenoxy) is 2. The van der Waals surface area contributed by atoms with Gasteiger partial charge in [-0.25, -0.2) is 16.8 Å². The molecule has 44 heavy (non-hydrogen) atoms. The molecule has 1 aliphatic rings. The molecule has 3 atom stereocenters. The van der Waals surface area contributed by atoms with Gasteiger partial charge in [0.2, 0.25) is 15.9 Å². The highest BCUT2D eigenvalue weighted by Gasteiger charge is 2.35. The molecule has 2 heterocycles. The number of nitrogens with one attached hydrogen (secondary N) is 1. The molecule has 0 radical (unpaired) electrons. The second-order valence-electron chi connectivity index (χ2n) is 10.9. The highest BCUT2D eigenvalue weighted by atomic mass is 32.2. The van der Waals surface area contributed by atoms with Crippen LogP contribution in [0.4, 0.5) is 5.69 Å². The molecule has 1 amide bonds. The van der Waals surface area contributed by atoms with Gasteiger partial charge in [0.05, 0.1) is 37.6 Å². The average molecular weight is 651 g/mol. The number of benzene rings is 2. The molecule has 1 aromatic heterocycles. The fraction of sp³-hybridized carbons (Fsp3) is 0.448. The van der Waals surface area contributed by atoms with E-state index in [0.29, 0.717) is 17.1 Å². The topological polar surface area (TPSA) is 169 Å². The van der Waals surface area contributed by atoms with Crippen molar-refractivity contribution < 1.29 is 40.7 Å². The van der Waals surface area contributed by atoms with Crippen molar-refractivity contribution in [3.05, 3.63) is 59.5 Å². The number of anilines is 1. The lowest BCUT2D eigenvalue weighted by Gasteiger charge is -2.33. The van der Waals surface area contributed by atoms with E-state index in [1.54, 1.807) is 19.9 Å². The van der Waals surface area contributed by atoms with E-state index >= 15 is 0 Å². The van der Waals surface area contributed by atoms with Gasteiger partial charge in [-0.2, -0.15) is 4.31 Å². The molecule has 2 aromatic carbocycles. The van der Waals surface area contributed by atoms with Gasteiger partial charge in [-0.15, -0.1) is 0 Å². The monoisotopic (exact) mass is 650 g/mol. The van der Waals surface area contributed by atoms with Crippen molar-refractivity contribution in [1.82, 2.24) is 14.4 Å². The number of sulfonamides is 2. The van der Waals surface area contributed by atoms with Crippen LogP contribution in [-0.2, 0) is 31.3 Å². The zero-order valence-electron chi connectivity index (χ0n) is 25.5. The fourth-order valence-electron chi connectivity index (χ4n) is 5.03. The summed E-state index contributed by atoms with van der Waals surface area (Å²) in [6, 6.07) is 9.97. The highest BCUT2D eigenvalue weighted by molar-refractivity contribution is 7.92. The molecule has 2 N–H and O–H groups in total. The van der Waals surface area contributed by atoms with Crippen molar-refractivity contribution >= 4 is 31.6 Å². The van der Waals surface area contributed by atoms with Crippen molar-refractivity contribution in [1.29, 1.82) is 0 Å². The van der Waals surface area contributed by atoms with Crippen molar-refractivity contribution in [3.8, 4) is 11.5 Å². The van der Waals surface area contributed by atoms with Crippen LogP contribution in [0.3, 0.4) is 0 Å². The SMILES string of the molecule is COc1ccc(S(=O)(=O)Nc2ccc3c(c2)CC(=O)N([C@@H](C)CO)C[C@@H](C)[C@H](CN(C)S(=O)(=O)c2c(C)noc2C)O3)cc1. The van der Waals surface area contributed by atoms with E-state index in [-0.39, 0.29) is 64.9 Å². The molecule has 0 saturated heterocycles. The number of rotatable bonds is 10. The van der Waals surface area contributed by atoms with E-state index < -0.39 is 32.2 Å². The number of carbonyl (C=O) groups excluding carboxylic acids is 1. The number of aliphatic hydroxyl groups excluding tert-OH is 1. The number of fused-ring (bicyclic) bond motifs is 1. The summed E-state index contributed by atoms with van der Waals surface area (Å²) >= 11 is 0. The molecular weight excluding hydrogens is 612 g/mol. The average Bonchev–Trinajstić information content (AvgIpc) is 3.34. The first-order valence-electron chi connectivity index (χ1n) is 13.9. The van der Waals surface area contributed by atoms with Crippen molar-refractivity contribution in [2.45, 2.75) is 56.1 Å². The van der Waals surface area contributed by atoms with E-state index in [1.165, 1.54) is 62.4 Å². The molecule has 0 saturated carbocycles. The minimum absolute atomic E-state index is 0.0180. The minimum atomic E-state index is -4.00. The van der Waals surface area contributed by atoms with Crippen LogP contribution in [0.1, 0.15) is 30.9 Å². The molecule has 15 heteroatoms. The summed E-state index contributed by atoms with van der Waals surface area (Å²) in [5.41, 5.74) is 0.844. The molecule has 240 valence electrons. The Morgan fingerprint density at radius 1 is 1.16 bits per heavy atom. The Hall–Kier alpha value is -3.66. The van der Waals surface area contributed by atoms with Crippen LogP contribution in [0.15, 0.2) is 56.8 Å². The molecule has 1 aliphatic heterocycles. The van der Waals surface area contributed by atoms with Crippen LogP contribution in [-0.4, -0.2) is 88.2 Å². The summed E-state index contributed by atoms with van der Waals surface area (Å²) in [4.78, 5) is 15.0. The molecule has 13 nitrogen and oxygen atoms in total. The lowest BCUT2D eigenvalue weighted by atomic mass is 10.0. The largest absolute Gasteiger partial charge is 0.497 e. The van der Waals surface area contributed by atoms with Gasteiger partial charge in [0.25, 0.3) is 10.0 Å². The number of likely N-dealkylation sites (N-methyl/N-ethyl adjacent to an activating group) is 1. The number of amides is 1. The van der Waals surface area contributed by atoms with Crippen LogP contribution in [0.2, 0.25) is 0 Å². The second kappa shape index (κ2) is 13.1.